The van der Waals surface area contributed by atoms with Crippen molar-refractivity contribution in [1.82, 2.24) is 4.90 Å². The first-order chi connectivity index (χ1) is 12.5. The molecule has 0 aromatic heterocycles. The zero-order valence-corrected chi connectivity index (χ0v) is 14.6. The van der Waals surface area contributed by atoms with Gasteiger partial charge in [0.2, 0.25) is 0 Å². The molecular formula is C19H21N3O4. The number of ether oxygens (including phenoxy) is 1. The lowest BCUT2D eigenvalue weighted by molar-refractivity contribution is -0.384. The van der Waals surface area contributed by atoms with Gasteiger partial charge in [0, 0.05) is 31.3 Å². The topological polar surface area (TPSA) is 84.7 Å². The van der Waals surface area contributed by atoms with Crippen LogP contribution in [0.25, 0.3) is 0 Å². The molecule has 3 rings (SSSR count). The number of aryl methyl sites for hydroxylation is 1. The molecule has 26 heavy (non-hydrogen) atoms. The number of morpholine rings is 1. The summed E-state index contributed by atoms with van der Waals surface area (Å²) in [5.41, 5.74) is 2.80. The number of nitro groups is 1. The lowest BCUT2D eigenvalue weighted by Gasteiger charge is -2.26. The minimum atomic E-state index is -0.465. The first-order valence-electron chi connectivity index (χ1n) is 8.49. The zero-order chi connectivity index (χ0) is 18.5. The van der Waals surface area contributed by atoms with Crippen molar-refractivity contribution < 1.29 is 14.5 Å². The maximum absolute atomic E-state index is 12.5. The summed E-state index contributed by atoms with van der Waals surface area (Å²) in [6.07, 6.45) is 0. The second-order valence-corrected chi connectivity index (χ2v) is 6.23. The van der Waals surface area contributed by atoms with E-state index in [9.17, 15) is 14.9 Å². The highest BCUT2D eigenvalue weighted by Gasteiger charge is 2.22. The van der Waals surface area contributed by atoms with Crippen LogP contribution in [0.1, 0.15) is 21.5 Å². The van der Waals surface area contributed by atoms with Crippen LogP contribution >= 0.6 is 0 Å². The summed E-state index contributed by atoms with van der Waals surface area (Å²) >= 11 is 0. The highest BCUT2D eigenvalue weighted by molar-refractivity contribution is 5.95. The van der Waals surface area contributed by atoms with Crippen LogP contribution in [-0.4, -0.2) is 42.0 Å². The van der Waals surface area contributed by atoms with E-state index >= 15 is 0 Å². The molecule has 0 unspecified atom stereocenters. The van der Waals surface area contributed by atoms with Crippen molar-refractivity contribution >= 4 is 17.3 Å². The van der Waals surface area contributed by atoms with Gasteiger partial charge in [-0.25, -0.2) is 0 Å². The van der Waals surface area contributed by atoms with Gasteiger partial charge in [0.05, 0.1) is 18.1 Å². The van der Waals surface area contributed by atoms with Crippen LogP contribution in [-0.2, 0) is 11.3 Å². The number of nitrogens with zero attached hydrogens (tertiary/aromatic N) is 2. The third kappa shape index (κ3) is 4.18. The largest absolute Gasteiger partial charge is 0.378 e. The number of benzene rings is 2. The Morgan fingerprint density at radius 1 is 1.19 bits per heavy atom. The average molecular weight is 355 g/mol. The first-order valence-corrected chi connectivity index (χ1v) is 8.49. The molecule has 0 bridgehead atoms. The number of hydrogen-bond acceptors (Lipinski definition) is 5. The predicted octanol–water partition coefficient (Wildman–Crippen LogP) is 2.99. The van der Waals surface area contributed by atoms with Crippen LogP contribution in [0.5, 0.6) is 0 Å². The molecule has 1 aliphatic heterocycles. The fraction of sp³-hybridized carbons (Fsp3) is 0.316. The van der Waals surface area contributed by atoms with Crippen LogP contribution in [0.15, 0.2) is 42.5 Å². The Morgan fingerprint density at radius 3 is 2.54 bits per heavy atom. The number of carbonyl (C=O) groups is 1. The van der Waals surface area contributed by atoms with E-state index in [4.69, 9.17) is 4.74 Å². The third-order valence-corrected chi connectivity index (χ3v) is 4.34. The Labute approximate surface area is 151 Å². The van der Waals surface area contributed by atoms with Crippen molar-refractivity contribution in [2.45, 2.75) is 13.5 Å². The molecule has 0 atom stereocenters. The van der Waals surface area contributed by atoms with Gasteiger partial charge in [-0.15, -0.1) is 0 Å². The number of amides is 1. The Hall–Kier alpha value is -2.93. The second kappa shape index (κ2) is 7.97. The SMILES string of the molecule is Cc1ccc(CNc2ccc(C(=O)N3CCOCC3)cc2[N+](=O)[O-])cc1. The van der Waals surface area contributed by atoms with Crippen molar-refractivity contribution in [2.24, 2.45) is 0 Å². The average Bonchev–Trinajstić information content (AvgIpc) is 2.67. The Balaban J connectivity index is 1.76. The molecule has 136 valence electrons. The van der Waals surface area contributed by atoms with Crippen molar-refractivity contribution in [3.05, 3.63) is 69.3 Å². The maximum atomic E-state index is 12.5. The Bertz CT molecular complexity index is 799. The standard InChI is InChI=1S/C19H21N3O4/c1-14-2-4-15(5-3-14)13-20-17-7-6-16(12-18(17)22(24)25)19(23)21-8-10-26-11-9-21/h2-7,12,20H,8-11,13H2,1H3. The molecule has 0 spiro atoms. The van der Waals surface area contributed by atoms with E-state index < -0.39 is 4.92 Å². The van der Waals surface area contributed by atoms with E-state index in [1.807, 2.05) is 31.2 Å². The van der Waals surface area contributed by atoms with Crippen LogP contribution in [0, 0.1) is 17.0 Å². The summed E-state index contributed by atoms with van der Waals surface area (Å²) in [5, 5.41) is 14.5. The van der Waals surface area contributed by atoms with Crippen molar-refractivity contribution in [3.8, 4) is 0 Å². The lowest BCUT2D eigenvalue weighted by Crippen LogP contribution is -2.40. The molecule has 0 saturated carbocycles. The van der Waals surface area contributed by atoms with Gasteiger partial charge in [-0.3, -0.25) is 14.9 Å². The summed E-state index contributed by atoms with van der Waals surface area (Å²) < 4.78 is 5.24. The molecule has 2 aromatic carbocycles. The number of anilines is 1. The van der Waals surface area contributed by atoms with E-state index in [0.717, 1.165) is 11.1 Å². The minimum Gasteiger partial charge on any atom is -0.378 e. The molecule has 2 aromatic rings. The Morgan fingerprint density at radius 2 is 1.88 bits per heavy atom. The number of nitrogens with one attached hydrogen (secondary N) is 1. The third-order valence-electron chi connectivity index (χ3n) is 4.34. The highest BCUT2D eigenvalue weighted by Crippen LogP contribution is 2.27. The molecule has 1 saturated heterocycles. The van der Waals surface area contributed by atoms with E-state index in [2.05, 4.69) is 5.32 Å². The van der Waals surface area contributed by atoms with E-state index in [1.54, 1.807) is 17.0 Å². The van der Waals surface area contributed by atoms with Crippen LogP contribution in [0.2, 0.25) is 0 Å². The summed E-state index contributed by atoms with van der Waals surface area (Å²) in [5.74, 6) is -0.207. The van der Waals surface area contributed by atoms with Crippen LogP contribution in [0.4, 0.5) is 11.4 Å². The zero-order valence-electron chi connectivity index (χ0n) is 14.6. The number of rotatable bonds is 5. The van der Waals surface area contributed by atoms with Crippen molar-refractivity contribution in [2.75, 3.05) is 31.6 Å². The van der Waals surface area contributed by atoms with E-state index in [1.165, 1.54) is 6.07 Å². The summed E-state index contributed by atoms with van der Waals surface area (Å²) in [6.45, 7) is 4.46. The highest BCUT2D eigenvalue weighted by atomic mass is 16.6. The fourth-order valence-corrected chi connectivity index (χ4v) is 2.82. The minimum absolute atomic E-state index is 0.101. The second-order valence-electron chi connectivity index (χ2n) is 6.23. The number of hydrogen-bond donors (Lipinski definition) is 1. The normalized spacial score (nSPS) is 14.1. The molecule has 1 amide bonds. The monoisotopic (exact) mass is 355 g/mol. The van der Waals surface area contributed by atoms with Gasteiger partial charge < -0.3 is 15.0 Å². The van der Waals surface area contributed by atoms with Crippen molar-refractivity contribution in [3.63, 3.8) is 0 Å². The molecule has 0 aliphatic carbocycles. The fourth-order valence-electron chi connectivity index (χ4n) is 2.82. The smallest absolute Gasteiger partial charge is 0.293 e. The van der Waals surface area contributed by atoms with Gasteiger partial charge in [0.1, 0.15) is 5.69 Å². The summed E-state index contributed by atoms with van der Waals surface area (Å²) in [6, 6.07) is 12.5. The van der Waals surface area contributed by atoms with Gasteiger partial charge in [0.15, 0.2) is 0 Å². The predicted molar refractivity (Wildman–Crippen MR) is 98.3 cm³/mol. The maximum Gasteiger partial charge on any atom is 0.293 e. The number of nitro benzene ring substituents is 1. The summed E-state index contributed by atoms with van der Waals surface area (Å²) in [7, 11) is 0. The molecule has 1 N–H and O–H groups in total. The van der Waals surface area contributed by atoms with E-state index in [-0.39, 0.29) is 11.6 Å². The van der Waals surface area contributed by atoms with Crippen LogP contribution < -0.4 is 5.32 Å². The Kier molecular flexibility index (Phi) is 5.48. The van der Waals surface area contributed by atoms with Gasteiger partial charge in [0.25, 0.3) is 11.6 Å². The van der Waals surface area contributed by atoms with Gasteiger partial charge >= 0.3 is 0 Å². The molecule has 0 radical (unpaired) electrons. The quantitative estimate of drug-likeness (QED) is 0.658. The molecule has 1 heterocycles. The lowest BCUT2D eigenvalue weighted by atomic mass is 10.1. The van der Waals surface area contributed by atoms with Crippen LogP contribution in [0.3, 0.4) is 0 Å². The molecule has 7 nitrogen and oxygen atoms in total. The van der Waals surface area contributed by atoms with Gasteiger partial charge in [-0.05, 0) is 24.6 Å². The molecule has 1 fully saturated rings. The first kappa shape index (κ1) is 17.9. The molecular weight excluding hydrogens is 334 g/mol. The summed E-state index contributed by atoms with van der Waals surface area (Å²) in [4.78, 5) is 25.2. The van der Waals surface area contributed by atoms with Gasteiger partial charge in [-0.2, -0.15) is 0 Å². The molecule has 1 aliphatic rings. The molecule has 7 heteroatoms. The van der Waals surface area contributed by atoms with Crippen molar-refractivity contribution in [1.29, 1.82) is 0 Å². The van der Waals surface area contributed by atoms with Gasteiger partial charge in [-0.1, -0.05) is 29.8 Å². The number of carbonyl (C=O) groups excluding carboxylic acids is 1. The van der Waals surface area contributed by atoms with E-state index in [0.29, 0.717) is 44.1 Å².